The number of halogens is 1. The fourth-order valence-corrected chi connectivity index (χ4v) is 3.90. The number of rotatable bonds is 7. The molecule has 2 heterocycles. The topological polar surface area (TPSA) is 77.0 Å². The third kappa shape index (κ3) is 5.66. The Balaban J connectivity index is 1.60. The molecule has 4 rings (SSSR count). The maximum Gasteiger partial charge on any atom is 0.255 e. The van der Waals surface area contributed by atoms with E-state index >= 15 is 0 Å². The number of hydrogen-bond donors (Lipinski definition) is 1. The second-order valence-electron chi connectivity index (χ2n) is 8.08. The zero-order chi connectivity index (χ0) is 24.1. The Morgan fingerprint density at radius 3 is 2.68 bits per heavy atom. The standard InChI is InChI=1S/C27H25BrN4O2/c1-4-25-29-12-10-24(32-25)23-9-6-11-30-27(23)34-22-15-19(13-20(28)16-22)26(33)31-21-8-5-7-18(14-21)17(2)3/h5-17H,4H2,1-3H3,(H,31,33). The van der Waals surface area contributed by atoms with E-state index in [1.165, 1.54) is 0 Å². The number of carbonyl (C=O) groups excluding carboxylic acids is 1. The summed E-state index contributed by atoms with van der Waals surface area (Å²) in [5.41, 5.74) is 3.85. The van der Waals surface area contributed by atoms with Crippen molar-refractivity contribution in [1.29, 1.82) is 0 Å². The first kappa shape index (κ1) is 23.6. The molecule has 0 aliphatic heterocycles. The van der Waals surface area contributed by atoms with E-state index in [1.807, 2.05) is 43.3 Å². The summed E-state index contributed by atoms with van der Waals surface area (Å²) in [6.07, 6.45) is 4.12. The Hall–Kier alpha value is -3.58. The molecule has 0 aliphatic carbocycles. The van der Waals surface area contributed by atoms with Gasteiger partial charge in [-0.05, 0) is 60.0 Å². The number of ether oxygens (including phenoxy) is 1. The lowest BCUT2D eigenvalue weighted by Crippen LogP contribution is -2.12. The second kappa shape index (κ2) is 10.6. The molecule has 34 heavy (non-hydrogen) atoms. The quantitative estimate of drug-likeness (QED) is 0.285. The van der Waals surface area contributed by atoms with Crippen LogP contribution in [-0.2, 0) is 6.42 Å². The molecule has 0 fully saturated rings. The summed E-state index contributed by atoms with van der Waals surface area (Å²) in [4.78, 5) is 26.3. The molecule has 0 bridgehead atoms. The summed E-state index contributed by atoms with van der Waals surface area (Å²) < 4.78 is 6.85. The minimum atomic E-state index is -0.225. The Kier molecular flexibility index (Phi) is 7.33. The number of anilines is 1. The Morgan fingerprint density at radius 2 is 1.88 bits per heavy atom. The van der Waals surface area contributed by atoms with E-state index in [4.69, 9.17) is 4.74 Å². The summed E-state index contributed by atoms with van der Waals surface area (Å²) in [5.74, 6) is 1.78. The summed E-state index contributed by atoms with van der Waals surface area (Å²) >= 11 is 3.49. The highest BCUT2D eigenvalue weighted by atomic mass is 79.9. The van der Waals surface area contributed by atoms with Crippen molar-refractivity contribution in [3.63, 3.8) is 0 Å². The number of nitrogens with zero attached hydrogens (tertiary/aromatic N) is 3. The van der Waals surface area contributed by atoms with Crippen LogP contribution in [0.3, 0.4) is 0 Å². The molecule has 1 N–H and O–H groups in total. The summed E-state index contributed by atoms with van der Waals surface area (Å²) in [6, 6.07) is 18.7. The normalized spacial score (nSPS) is 10.9. The maximum atomic E-state index is 13.0. The lowest BCUT2D eigenvalue weighted by molar-refractivity contribution is 0.102. The van der Waals surface area contributed by atoms with Crippen LogP contribution >= 0.6 is 15.9 Å². The highest BCUT2D eigenvalue weighted by Crippen LogP contribution is 2.32. The summed E-state index contributed by atoms with van der Waals surface area (Å²) in [5, 5.41) is 2.97. The molecule has 2 aromatic carbocycles. The van der Waals surface area contributed by atoms with Crippen LogP contribution < -0.4 is 10.1 Å². The van der Waals surface area contributed by atoms with E-state index in [9.17, 15) is 4.79 Å². The Morgan fingerprint density at radius 1 is 1.03 bits per heavy atom. The van der Waals surface area contributed by atoms with E-state index in [0.717, 1.165) is 39.2 Å². The van der Waals surface area contributed by atoms with Gasteiger partial charge in [-0.1, -0.05) is 48.8 Å². The summed E-state index contributed by atoms with van der Waals surface area (Å²) in [7, 11) is 0. The molecular formula is C27H25BrN4O2. The van der Waals surface area contributed by atoms with Crippen molar-refractivity contribution in [1.82, 2.24) is 15.0 Å². The first-order chi connectivity index (χ1) is 16.4. The highest BCUT2D eigenvalue weighted by molar-refractivity contribution is 9.10. The Labute approximate surface area is 207 Å². The van der Waals surface area contributed by atoms with Crippen molar-refractivity contribution in [2.75, 3.05) is 5.32 Å². The third-order valence-corrected chi connectivity index (χ3v) is 5.69. The largest absolute Gasteiger partial charge is 0.438 e. The molecule has 0 saturated carbocycles. The summed E-state index contributed by atoms with van der Waals surface area (Å²) in [6.45, 7) is 6.25. The average molecular weight is 517 g/mol. The molecule has 172 valence electrons. The minimum absolute atomic E-state index is 0.225. The number of benzene rings is 2. The van der Waals surface area contributed by atoms with Crippen molar-refractivity contribution in [2.24, 2.45) is 0 Å². The van der Waals surface area contributed by atoms with Gasteiger partial charge in [-0.15, -0.1) is 0 Å². The van der Waals surface area contributed by atoms with Crippen LogP contribution in [0.2, 0.25) is 0 Å². The average Bonchev–Trinajstić information content (AvgIpc) is 2.84. The van der Waals surface area contributed by atoms with Gasteiger partial charge in [0.1, 0.15) is 11.6 Å². The van der Waals surface area contributed by atoms with Crippen molar-refractivity contribution in [2.45, 2.75) is 33.1 Å². The minimum Gasteiger partial charge on any atom is -0.438 e. The van der Waals surface area contributed by atoms with Crippen LogP contribution in [0.15, 0.2) is 77.5 Å². The fraction of sp³-hybridized carbons (Fsp3) is 0.185. The molecule has 6 nitrogen and oxygen atoms in total. The predicted octanol–water partition coefficient (Wildman–Crippen LogP) is 7.03. The van der Waals surface area contributed by atoms with Gasteiger partial charge in [-0.2, -0.15) is 0 Å². The molecule has 0 aliphatic rings. The van der Waals surface area contributed by atoms with Crippen LogP contribution in [0.4, 0.5) is 5.69 Å². The molecule has 0 saturated heterocycles. The molecule has 0 spiro atoms. The second-order valence-corrected chi connectivity index (χ2v) is 9.00. The zero-order valence-corrected chi connectivity index (χ0v) is 20.8. The number of nitrogens with one attached hydrogen (secondary N) is 1. The molecule has 2 aromatic heterocycles. The van der Waals surface area contributed by atoms with Gasteiger partial charge in [-0.25, -0.2) is 15.0 Å². The van der Waals surface area contributed by atoms with Crippen molar-refractivity contribution in [3.8, 4) is 22.9 Å². The zero-order valence-electron chi connectivity index (χ0n) is 19.2. The van der Waals surface area contributed by atoms with Crippen molar-refractivity contribution < 1.29 is 9.53 Å². The maximum absolute atomic E-state index is 13.0. The highest BCUT2D eigenvalue weighted by Gasteiger charge is 2.14. The lowest BCUT2D eigenvalue weighted by Gasteiger charge is -2.12. The van der Waals surface area contributed by atoms with Crippen LogP contribution in [0.1, 0.15) is 48.4 Å². The monoisotopic (exact) mass is 516 g/mol. The lowest BCUT2D eigenvalue weighted by atomic mass is 10.0. The molecule has 7 heteroatoms. The van der Waals surface area contributed by atoms with E-state index in [0.29, 0.717) is 23.1 Å². The van der Waals surface area contributed by atoms with Crippen molar-refractivity contribution >= 4 is 27.5 Å². The van der Waals surface area contributed by atoms with Gasteiger partial charge < -0.3 is 10.1 Å². The third-order valence-electron chi connectivity index (χ3n) is 5.23. The van der Waals surface area contributed by atoms with Gasteiger partial charge in [-0.3, -0.25) is 4.79 Å². The van der Waals surface area contributed by atoms with Crippen LogP contribution in [0.5, 0.6) is 11.6 Å². The van der Waals surface area contributed by atoms with Crippen molar-refractivity contribution in [3.05, 3.63) is 94.5 Å². The first-order valence-electron chi connectivity index (χ1n) is 11.1. The van der Waals surface area contributed by atoms with Gasteiger partial charge in [0.05, 0.1) is 11.3 Å². The van der Waals surface area contributed by atoms with Crippen LogP contribution in [-0.4, -0.2) is 20.9 Å². The van der Waals surface area contributed by atoms with Crippen LogP contribution in [0.25, 0.3) is 11.3 Å². The molecular weight excluding hydrogens is 492 g/mol. The van der Waals surface area contributed by atoms with Gasteiger partial charge in [0.15, 0.2) is 0 Å². The predicted molar refractivity (Wildman–Crippen MR) is 137 cm³/mol. The first-order valence-corrected chi connectivity index (χ1v) is 11.9. The van der Waals surface area contributed by atoms with E-state index in [2.05, 4.69) is 56.1 Å². The van der Waals surface area contributed by atoms with E-state index < -0.39 is 0 Å². The smallest absolute Gasteiger partial charge is 0.255 e. The number of hydrogen-bond acceptors (Lipinski definition) is 5. The molecule has 1 amide bonds. The van der Waals surface area contributed by atoms with Crippen LogP contribution in [0, 0.1) is 0 Å². The van der Waals surface area contributed by atoms with E-state index in [-0.39, 0.29) is 5.91 Å². The number of pyridine rings is 1. The number of carbonyl (C=O) groups is 1. The number of aromatic nitrogens is 3. The van der Waals surface area contributed by atoms with Gasteiger partial charge >= 0.3 is 0 Å². The van der Waals surface area contributed by atoms with Gasteiger partial charge in [0.2, 0.25) is 5.88 Å². The van der Waals surface area contributed by atoms with Gasteiger partial charge in [0, 0.05) is 34.5 Å². The van der Waals surface area contributed by atoms with E-state index in [1.54, 1.807) is 30.6 Å². The number of amides is 1. The number of aryl methyl sites for hydroxylation is 1. The molecule has 0 atom stereocenters. The SMILES string of the molecule is CCc1nccc(-c2cccnc2Oc2cc(Br)cc(C(=O)Nc3cccc(C(C)C)c3)c2)n1. The Bertz CT molecular complexity index is 1320. The van der Waals surface area contributed by atoms with Gasteiger partial charge in [0.25, 0.3) is 5.91 Å². The molecule has 4 aromatic rings. The fourth-order valence-electron chi connectivity index (χ4n) is 3.43. The molecule has 0 radical (unpaired) electrons. The molecule has 0 unspecified atom stereocenters.